The summed E-state index contributed by atoms with van der Waals surface area (Å²) in [6.45, 7) is 8.96. The van der Waals surface area contributed by atoms with Crippen molar-refractivity contribution in [2.45, 2.75) is 64.3 Å². The zero-order chi connectivity index (χ0) is 19.2. The molecule has 2 aromatic carbocycles. The van der Waals surface area contributed by atoms with Gasteiger partial charge in [0.05, 0.1) is 0 Å². The quantitative estimate of drug-likeness (QED) is 0.518. The van der Waals surface area contributed by atoms with E-state index >= 15 is 0 Å². The molecule has 0 saturated heterocycles. The number of hydrogen-bond acceptors (Lipinski definition) is 1. The smallest absolute Gasteiger partial charge is 0.0366 e. The lowest BCUT2D eigenvalue weighted by Gasteiger charge is -2.37. The van der Waals surface area contributed by atoms with E-state index in [4.69, 9.17) is 0 Å². The van der Waals surface area contributed by atoms with Crippen LogP contribution < -0.4 is 0 Å². The van der Waals surface area contributed by atoms with Gasteiger partial charge in [0.15, 0.2) is 0 Å². The Balaban J connectivity index is 1.54. The maximum atomic E-state index is 4.34. The van der Waals surface area contributed by atoms with E-state index in [9.17, 15) is 0 Å². The molecule has 27 heavy (non-hydrogen) atoms. The highest BCUT2D eigenvalue weighted by molar-refractivity contribution is 5.61. The van der Waals surface area contributed by atoms with Crippen LogP contribution in [0.1, 0.15) is 68.6 Å². The van der Waals surface area contributed by atoms with Gasteiger partial charge in [-0.3, -0.25) is 0 Å². The minimum Gasteiger partial charge on any atom is -0.372 e. The Labute approximate surface area is 166 Å². The van der Waals surface area contributed by atoms with Gasteiger partial charge in [-0.25, -0.2) is 0 Å². The van der Waals surface area contributed by atoms with E-state index in [0.29, 0.717) is 6.04 Å². The van der Waals surface area contributed by atoms with Gasteiger partial charge in [0, 0.05) is 18.8 Å². The summed E-state index contributed by atoms with van der Waals surface area (Å²) in [5.41, 5.74) is 5.40. The summed E-state index contributed by atoms with van der Waals surface area (Å²) in [6, 6.07) is 20.7. The molecule has 1 aliphatic rings. The Kier molecular flexibility index (Phi) is 6.77. The van der Waals surface area contributed by atoms with Gasteiger partial charge in [0.1, 0.15) is 0 Å². The van der Waals surface area contributed by atoms with Gasteiger partial charge in [0.2, 0.25) is 0 Å². The van der Waals surface area contributed by atoms with Crippen LogP contribution in [0, 0.1) is 5.92 Å². The zero-order valence-electron chi connectivity index (χ0n) is 17.3. The van der Waals surface area contributed by atoms with E-state index in [2.05, 4.69) is 87.0 Å². The molecule has 0 amide bonds. The summed E-state index contributed by atoms with van der Waals surface area (Å²) < 4.78 is 0. The molecule has 144 valence electrons. The van der Waals surface area contributed by atoms with E-state index in [-0.39, 0.29) is 0 Å². The Hall–Kier alpha value is -2.02. The van der Waals surface area contributed by atoms with Gasteiger partial charge < -0.3 is 4.90 Å². The van der Waals surface area contributed by atoms with Crippen LogP contribution in [0.4, 0.5) is 0 Å². The molecule has 0 radical (unpaired) electrons. The van der Waals surface area contributed by atoms with Crippen LogP contribution in [-0.4, -0.2) is 18.0 Å². The van der Waals surface area contributed by atoms with Gasteiger partial charge in [-0.1, -0.05) is 81.4 Å². The normalized spacial score (nSPS) is 20.9. The molecule has 2 aromatic rings. The molecule has 1 aliphatic carbocycles. The van der Waals surface area contributed by atoms with Crippen molar-refractivity contribution in [1.29, 1.82) is 0 Å². The van der Waals surface area contributed by atoms with Crippen molar-refractivity contribution >= 4 is 5.70 Å². The number of nitrogens with zero attached hydrogens (tertiary/aromatic N) is 1. The summed E-state index contributed by atoms with van der Waals surface area (Å²) in [6.07, 6.45) is 7.52. The highest BCUT2D eigenvalue weighted by Crippen LogP contribution is 2.36. The van der Waals surface area contributed by atoms with E-state index in [0.717, 1.165) is 17.5 Å². The predicted octanol–water partition coefficient (Wildman–Crippen LogP) is 6.90. The van der Waals surface area contributed by atoms with Gasteiger partial charge in [0.25, 0.3) is 0 Å². The molecule has 0 aliphatic heterocycles. The van der Waals surface area contributed by atoms with Crippen LogP contribution in [-0.2, 0) is 6.42 Å². The number of hydrogen-bond donors (Lipinski definition) is 0. The maximum absolute atomic E-state index is 4.34. The summed E-state index contributed by atoms with van der Waals surface area (Å²) in [5, 5.41) is 0. The molecule has 3 rings (SSSR count). The van der Waals surface area contributed by atoms with Crippen LogP contribution in [0.15, 0.2) is 61.2 Å². The molecule has 1 saturated carbocycles. The Morgan fingerprint density at radius 1 is 1.00 bits per heavy atom. The molecule has 1 nitrogen and oxygen atoms in total. The van der Waals surface area contributed by atoms with Crippen LogP contribution in [0.5, 0.6) is 0 Å². The van der Waals surface area contributed by atoms with E-state index in [1.165, 1.54) is 55.2 Å². The average molecular weight is 362 g/mol. The fourth-order valence-corrected chi connectivity index (χ4v) is 4.32. The van der Waals surface area contributed by atoms with Crippen LogP contribution in [0.25, 0.3) is 5.70 Å². The Bertz CT molecular complexity index is 708. The van der Waals surface area contributed by atoms with Crippen molar-refractivity contribution in [2.24, 2.45) is 5.92 Å². The lowest BCUT2D eigenvalue weighted by molar-refractivity contribution is 0.250. The van der Waals surface area contributed by atoms with Crippen LogP contribution >= 0.6 is 0 Å². The topological polar surface area (TPSA) is 3.24 Å². The monoisotopic (exact) mass is 361 g/mol. The largest absolute Gasteiger partial charge is 0.372 e. The molecule has 0 N–H and O–H groups in total. The summed E-state index contributed by atoms with van der Waals surface area (Å²) in [7, 11) is 2.21. The summed E-state index contributed by atoms with van der Waals surface area (Å²) in [5.74, 6) is 1.50. The number of benzene rings is 2. The van der Waals surface area contributed by atoms with Crippen molar-refractivity contribution in [3.05, 3.63) is 77.9 Å². The molecule has 1 atom stereocenters. The van der Waals surface area contributed by atoms with Gasteiger partial charge in [-0.05, 0) is 60.6 Å². The van der Waals surface area contributed by atoms with Gasteiger partial charge in [-0.2, -0.15) is 0 Å². The predicted molar refractivity (Wildman–Crippen MR) is 118 cm³/mol. The van der Waals surface area contributed by atoms with Crippen molar-refractivity contribution < 1.29 is 0 Å². The van der Waals surface area contributed by atoms with Crippen molar-refractivity contribution in [2.75, 3.05) is 7.05 Å². The lowest BCUT2D eigenvalue weighted by Crippen LogP contribution is -2.33. The Morgan fingerprint density at radius 3 is 2.22 bits per heavy atom. The molecule has 0 heterocycles. The number of rotatable bonds is 7. The zero-order valence-corrected chi connectivity index (χ0v) is 17.3. The van der Waals surface area contributed by atoms with Crippen molar-refractivity contribution in [1.82, 2.24) is 4.90 Å². The first-order valence-electron chi connectivity index (χ1n) is 10.6. The van der Waals surface area contributed by atoms with Crippen LogP contribution in [0.2, 0.25) is 0 Å². The Morgan fingerprint density at radius 2 is 1.63 bits per heavy atom. The van der Waals surface area contributed by atoms with E-state index in [1.807, 2.05) is 0 Å². The SMILES string of the molecule is C=C(c1ccccc1)N(C)C1CCC(c2ccc(CC(C)CC)cc2)CC1. The second-order valence-electron chi connectivity index (χ2n) is 8.39. The van der Waals surface area contributed by atoms with Crippen molar-refractivity contribution in [3.8, 4) is 0 Å². The lowest BCUT2D eigenvalue weighted by atomic mass is 9.80. The molecular formula is C26H35N. The average Bonchev–Trinajstić information content (AvgIpc) is 2.74. The molecule has 0 bridgehead atoms. The fourth-order valence-electron chi connectivity index (χ4n) is 4.32. The van der Waals surface area contributed by atoms with Crippen LogP contribution in [0.3, 0.4) is 0 Å². The third kappa shape index (κ3) is 5.03. The summed E-state index contributed by atoms with van der Waals surface area (Å²) in [4.78, 5) is 2.40. The minimum atomic E-state index is 0.610. The third-order valence-electron chi connectivity index (χ3n) is 6.51. The first-order valence-corrected chi connectivity index (χ1v) is 10.6. The molecule has 0 aromatic heterocycles. The molecule has 1 heteroatoms. The third-order valence-corrected chi connectivity index (χ3v) is 6.51. The first kappa shape index (κ1) is 19.7. The highest BCUT2D eigenvalue weighted by Gasteiger charge is 2.25. The first-order chi connectivity index (χ1) is 13.1. The van der Waals surface area contributed by atoms with Gasteiger partial charge in [-0.15, -0.1) is 0 Å². The molecule has 1 unspecified atom stereocenters. The maximum Gasteiger partial charge on any atom is 0.0366 e. The second kappa shape index (κ2) is 9.26. The summed E-state index contributed by atoms with van der Waals surface area (Å²) >= 11 is 0. The second-order valence-corrected chi connectivity index (χ2v) is 8.39. The minimum absolute atomic E-state index is 0.610. The molecular weight excluding hydrogens is 326 g/mol. The molecule has 1 fully saturated rings. The molecule has 0 spiro atoms. The fraction of sp³-hybridized carbons (Fsp3) is 0.462. The van der Waals surface area contributed by atoms with Crippen molar-refractivity contribution in [3.63, 3.8) is 0 Å². The standard InChI is InChI=1S/C26H35N/c1-5-20(2)19-22-11-13-24(14-12-22)25-15-17-26(18-16-25)27(4)21(3)23-9-7-6-8-10-23/h6-14,20,25-26H,3,5,15-19H2,1-2,4H3. The highest BCUT2D eigenvalue weighted by atomic mass is 15.1. The van der Waals surface area contributed by atoms with E-state index < -0.39 is 0 Å². The van der Waals surface area contributed by atoms with E-state index in [1.54, 1.807) is 0 Å². The van der Waals surface area contributed by atoms with Gasteiger partial charge >= 0.3 is 0 Å².